The molecule has 1 aliphatic heterocycles. The first-order valence-electron chi connectivity index (χ1n) is 6.59. The van der Waals surface area contributed by atoms with Gasteiger partial charge in [-0.2, -0.15) is 0 Å². The molecule has 0 bridgehead atoms. The monoisotopic (exact) mass is 275 g/mol. The van der Waals surface area contributed by atoms with Crippen LogP contribution in [0.15, 0.2) is 0 Å². The largest absolute Gasteiger partial charge is 0.394 e. The van der Waals surface area contributed by atoms with E-state index < -0.39 is 6.10 Å². The number of ether oxygens (including phenoxy) is 1. The molecule has 1 unspecified atom stereocenters. The van der Waals surface area contributed by atoms with Crippen molar-refractivity contribution in [3.8, 4) is 0 Å². The van der Waals surface area contributed by atoms with E-state index in [4.69, 9.17) is 9.84 Å². The zero-order chi connectivity index (χ0) is 14.3. The molecule has 1 rings (SSSR count). The fourth-order valence-electron chi connectivity index (χ4n) is 1.70. The van der Waals surface area contributed by atoms with E-state index in [-0.39, 0.29) is 24.7 Å². The number of aliphatic hydroxyl groups is 2. The molecule has 0 saturated carbocycles. The van der Waals surface area contributed by atoms with Crippen LogP contribution in [0.3, 0.4) is 0 Å². The molecular weight excluding hydrogens is 250 g/mol. The van der Waals surface area contributed by atoms with E-state index in [1.165, 1.54) is 0 Å². The Balaban J connectivity index is 2.26. The molecule has 4 N–H and O–H groups in total. The highest BCUT2D eigenvalue weighted by Crippen LogP contribution is 2.02. The van der Waals surface area contributed by atoms with Crippen molar-refractivity contribution in [3.05, 3.63) is 0 Å². The van der Waals surface area contributed by atoms with E-state index in [1.54, 1.807) is 4.90 Å². The highest BCUT2D eigenvalue weighted by Gasteiger charge is 2.22. The van der Waals surface area contributed by atoms with Gasteiger partial charge in [0.25, 0.3) is 0 Å². The van der Waals surface area contributed by atoms with E-state index in [9.17, 15) is 9.90 Å². The minimum atomic E-state index is -0.783. The lowest BCUT2D eigenvalue weighted by Gasteiger charge is -2.31. The third-order valence-corrected chi connectivity index (χ3v) is 3.01. The summed E-state index contributed by atoms with van der Waals surface area (Å²) in [6, 6.07) is -0.0964. The molecule has 0 aromatic carbocycles. The van der Waals surface area contributed by atoms with Crippen molar-refractivity contribution in [1.29, 1.82) is 0 Å². The molecule has 0 spiro atoms. The van der Waals surface area contributed by atoms with Crippen molar-refractivity contribution in [2.75, 3.05) is 46.0 Å². The summed E-state index contributed by atoms with van der Waals surface area (Å²) in [6.07, 6.45) is -0.783. The normalized spacial score (nSPS) is 18.2. The van der Waals surface area contributed by atoms with Gasteiger partial charge >= 0.3 is 6.03 Å². The zero-order valence-corrected chi connectivity index (χ0v) is 11.7. The predicted molar refractivity (Wildman–Crippen MR) is 71.0 cm³/mol. The quantitative estimate of drug-likeness (QED) is 0.486. The average molecular weight is 275 g/mol. The third-order valence-electron chi connectivity index (χ3n) is 3.01. The lowest BCUT2D eigenvalue weighted by Crippen LogP contribution is -2.54. The number of hydrogen-bond acceptors (Lipinski definition) is 5. The second kappa shape index (κ2) is 7.64. The van der Waals surface area contributed by atoms with Gasteiger partial charge in [-0.1, -0.05) is 0 Å². The van der Waals surface area contributed by atoms with Crippen LogP contribution in [0.25, 0.3) is 0 Å². The van der Waals surface area contributed by atoms with Gasteiger partial charge in [-0.15, -0.1) is 0 Å². The van der Waals surface area contributed by atoms with E-state index in [2.05, 4.69) is 10.6 Å². The standard InChI is InChI=1S/C12H25N3O4/c1-12(2,14-7-10(17)8-16)9-13-11(18)15-3-5-19-6-4-15/h10,14,16-17H,3-9H2,1-2H3,(H,13,18). The summed E-state index contributed by atoms with van der Waals surface area (Å²) in [5.74, 6) is 0. The number of aliphatic hydroxyl groups excluding tert-OH is 2. The number of nitrogens with zero attached hydrogens (tertiary/aromatic N) is 1. The second-order valence-corrected chi connectivity index (χ2v) is 5.36. The molecule has 1 saturated heterocycles. The van der Waals surface area contributed by atoms with Gasteiger partial charge in [-0.05, 0) is 13.8 Å². The molecule has 0 radical (unpaired) electrons. The van der Waals surface area contributed by atoms with Crippen LogP contribution in [0.4, 0.5) is 4.79 Å². The highest BCUT2D eigenvalue weighted by molar-refractivity contribution is 5.74. The van der Waals surface area contributed by atoms with Crippen LogP contribution in [0, 0.1) is 0 Å². The van der Waals surface area contributed by atoms with Crippen LogP contribution in [-0.2, 0) is 4.74 Å². The van der Waals surface area contributed by atoms with Crippen LogP contribution in [-0.4, -0.2) is 78.8 Å². The molecule has 7 nitrogen and oxygen atoms in total. The summed E-state index contributed by atoms with van der Waals surface area (Å²) in [4.78, 5) is 13.6. The molecule has 1 heterocycles. The Labute approximate surface area is 113 Å². The minimum Gasteiger partial charge on any atom is -0.394 e. The van der Waals surface area contributed by atoms with Crippen molar-refractivity contribution in [3.63, 3.8) is 0 Å². The van der Waals surface area contributed by atoms with Gasteiger partial charge in [-0.3, -0.25) is 0 Å². The minimum absolute atomic E-state index is 0.0964. The Bertz CT molecular complexity index is 280. The second-order valence-electron chi connectivity index (χ2n) is 5.36. The maximum atomic E-state index is 11.9. The van der Waals surface area contributed by atoms with Crippen LogP contribution < -0.4 is 10.6 Å². The molecule has 0 aromatic heterocycles. The number of carbonyl (C=O) groups excluding carboxylic acids is 1. The smallest absolute Gasteiger partial charge is 0.317 e. The predicted octanol–water partition coefficient (Wildman–Crippen LogP) is -1.25. The Morgan fingerprint density at radius 2 is 2.05 bits per heavy atom. The fraction of sp³-hybridized carbons (Fsp3) is 0.917. The lowest BCUT2D eigenvalue weighted by molar-refractivity contribution is 0.0526. The summed E-state index contributed by atoms with van der Waals surface area (Å²) in [5, 5.41) is 24.0. The number of nitrogens with one attached hydrogen (secondary N) is 2. The third kappa shape index (κ3) is 6.20. The number of rotatable bonds is 6. The maximum absolute atomic E-state index is 11.9. The Morgan fingerprint density at radius 1 is 1.42 bits per heavy atom. The van der Waals surface area contributed by atoms with Crippen LogP contribution >= 0.6 is 0 Å². The van der Waals surface area contributed by atoms with E-state index in [0.29, 0.717) is 32.8 Å². The zero-order valence-electron chi connectivity index (χ0n) is 11.7. The Morgan fingerprint density at radius 3 is 2.63 bits per heavy atom. The summed E-state index contributed by atoms with van der Waals surface area (Å²) in [7, 11) is 0. The van der Waals surface area contributed by atoms with Crippen LogP contribution in [0.2, 0.25) is 0 Å². The van der Waals surface area contributed by atoms with E-state index >= 15 is 0 Å². The van der Waals surface area contributed by atoms with Gasteiger partial charge in [0.1, 0.15) is 0 Å². The first kappa shape index (κ1) is 16.2. The lowest BCUT2D eigenvalue weighted by atomic mass is 10.1. The Kier molecular flexibility index (Phi) is 6.50. The first-order valence-corrected chi connectivity index (χ1v) is 6.59. The summed E-state index contributed by atoms with van der Waals surface area (Å²) in [5.41, 5.74) is -0.349. The number of morpholine rings is 1. The molecule has 0 aromatic rings. The van der Waals surface area contributed by atoms with E-state index in [0.717, 1.165) is 0 Å². The summed E-state index contributed by atoms with van der Waals surface area (Å²) >= 11 is 0. The number of amides is 2. The molecule has 2 amide bonds. The van der Waals surface area contributed by atoms with Gasteiger partial charge in [0, 0.05) is 31.7 Å². The molecule has 0 aliphatic carbocycles. The van der Waals surface area contributed by atoms with Crippen molar-refractivity contribution in [1.82, 2.24) is 15.5 Å². The molecule has 1 fully saturated rings. The molecular formula is C12H25N3O4. The van der Waals surface area contributed by atoms with Gasteiger partial charge in [0.15, 0.2) is 0 Å². The van der Waals surface area contributed by atoms with Crippen molar-refractivity contribution < 1.29 is 19.7 Å². The van der Waals surface area contributed by atoms with Crippen molar-refractivity contribution in [2.45, 2.75) is 25.5 Å². The topological polar surface area (TPSA) is 94.1 Å². The maximum Gasteiger partial charge on any atom is 0.317 e. The molecule has 19 heavy (non-hydrogen) atoms. The van der Waals surface area contributed by atoms with Gasteiger partial charge in [0.05, 0.1) is 25.9 Å². The molecule has 7 heteroatoms. The van der Waals surface area contributed by atoms with Crippen LogP contribution in [0.5, 0.6) is 0 Å². The molecule has 1 atom stereocenters. The van der Waals surface area contributed by atoms with Gasteiger partial charge < -0.3 is 30.5 Å². The number of β-amino-alcohol motifs (C(OH)–C–C–N with tert-alkyl or cyclic N) is 1. The number of carbonyl (C=O) groups is 1. The van der Waals surface area contributed by atoms with Gasteiger partial charge in [-0.25, -0.2) is 4.79 Å². The first-order chi connectivity index (χ1) is 8.94. The van der Waals surface area contributed by atoms with Crippen molar-refractivity contribution in [2.24, 2.45) is 0 Å². The average Bonchev–Trinajstić information content (AvgIpc) is 2.43. The summed E-state index contributed by atoms with van der Waals surface area (Å²) in [6.45, 7) is 6.70. The Hall–Kier alpha value is -0.890. The fourth-order valence-corrected chi connectivity index (χ4v) is 1.70. The van der Waals surface area contributed by atoms with Crippen molar-refractivity contribution >= 4 is 6.03 Å². The SMILES string of the molecule is CC(C)(CNC(=O)N1CCOCC1)NCC(O)CO. The summed E-state index contributed by atoms with van der Waals surface area (Å²) < 4.78 is 5.19. The van der Waals surface area contributed by atoms with Crippen LogP contribution in [0.1, 0.15) is 13.8 Å². The highest BCUT2D eigenvalue weighted by atomic mass is 16.5. The molecule has 112 valence electrons. The molecule has 1 aliphatic rings. The van der Waals surface area contributed by atoms with E-state index in [1.807, 2.05) is 13.8 Å². The number of urea groups is 1. The number of hydrogen-bond donors (Lipinski definition) is 4. The van der Waals surface area contributed by atoms with Gasteiger partial charge in [0.2, 0.25) is 0 Å².